The van der Waals surface area contributed by atoms with E-state index in [9.17, 15) is 9.59 Å². The van der Waals surface area contributed by atoms with Crippen LogP contribution in [0, 0.1) is 0 Å². The highest BCUT2D eigenvalue weighted by Crippen LogP contribution is 2.16. The molecule has 1 atom stereocenters. The van der Waals surface area contributed by atoms with Crippen LogP contribution in [-0.2, 0) is 4.79 Å². The fourth-order valence-corrected chi connectivity index (χ4v) is 2.55. The van der Waals surface area contributed by atoms with E-state index in [1.165, 1.54) is 6.42 Å². The lowest BCUT2D eigenvalue weighted by Gasteiger charge is -2.33. The van der Waals surface area contributed by atoms with Crippen LogP contribution in [0.1, 0.15) is 32.6 Å². The SMILES string of the molecule is C=CCN(CC=C)C(=O)NCCC(=O)N1CCCCC1C. The molecule has 0 aromatic carbocycles. The van der Waals surface area contributed by atoms with Gasteiger partial charge in [-0.25, -0.2) is 4.79 Å². The van der Waals surface area contributed by atoms with Crippen molar-refractivity contribution in [3.8, 4) is 0 Å². The van der Waals surface area contributed by atoms with Gasteiger partial charge in [0.15, 0.2) is 0 Å². The molecule has 5 nitrogen and oxygen atoms in total. The van der Waals surface area contributed by atoms with Crippen molar-refractivity contribution in [1.82, 2.24) is 15.1 Å². The van der Waals surface area contributed by atoms with Gasteiger partial charge in [0.2, 0.25) is 5.91 Å². The minimum absolute atomic E-state index is 0.126. The summed E-state index contributed by atoms with van der Waals surface area (Å²) in [6.45, 7) is 11.5. The summed E-state index contributed by atoms with van der Waals surface area (Å²) in [4.78, 5) is 27.6. The summed E-state index contributed by atoms with van der Waals surface area (Å²) in [7, 11) is 0. The Hall–Kier alpha value is -1.78. The normalized spacial score (nSPS) is 18.0. The van der Waals surface area contributed by atoms with Crippen molar-refractivity contribution in [3.05, 3.63) is 25.3 Å². The molecule has 0 spiro atoms. The maximum absolute atomic E-state index is 12.1. The molecular formula is C16H27N3O2. The first-order valence-corrected chi connectivity index (χ1v) is 7.64. The molecule has 0 aliphatic carbocycles. The summed E-state index contributed by atoms with van der Waals surface area (Å²) < 4.78 is 0. The van der Waals surface area contributed by atoms with E-state index in [1.807, 2.05) is 4.90 Å². The number of likely N-dealkylation sites (tertiary alicyclic amines) is 1. The first kappa shape index (κ1) is 17.3. The largest absolute Gasteiger partial charge is 0.340 e. The predicted octanol–water partition coefficient (Wildman–Crippen LogP) is 2.16. The molecule has 1 aliphatic heterocycles. The third-order valence-electron chi connectivity index (χ3n) is 3.72. The topological polar surface area (TPSA) is 52.7 Å². The molecule has 1 N–H and O–H groups in total. The van der Waals surface area contributed by atoms with Gasteiger partial charge in [-0.15, -0.1) is 13.2 Å². The molecule has 1 saturated heterocycles. The quantitative estimate of drug-likeness (QED) is 0.731. The number of piperidine rings is 1. The van der Waals surface area contributed by atoms with Crippen LogP contribution in [-0.4, -0.2) is 54.0 Å². The summed E-state index contributed by atoms with van der Waals surface area (Å²) in [6.07, 6.45) is 7.04. The van der Waals surface area contributed by atoms with Gasteiger partial charge in [0, 0.05) is 38.6 Å². The van der Waals surface area contributed by atoms with Crippen molar-refractivity contribution in [2.24, 2.45) is 0 Å². The number of hydrogen-bond acceptors (Lipinski definition) is 2. The summed E-state index contributed by atoms with van der Waals surface area (Å²) in [5.74, 6) is 0.126. The summed E-state index contributed by atoms with van der Waals surface area (Å²) >= 11 is 0. The van der Waals surface area contributed by atoms with Crippen molar-refractivity contribution < 1.29 is 9.59 Å². The Labute approximate surface area is 127 Å². The van der Waals surface area contributed by atoms with Crippen LogP contribution in [0.3, 0.4) is 0 Å². The van der Waals surface area contributed by atoms with Gasteiger partial charge >= 0.3 is 6.03 Å². The van der Waals surface area contributed by atoms with Crippen molar-refractivity contribution in [3.63, 3.8) is 0 Å². The Morgan fingerprint density at radius 3 is 2.52 bits per heavy atom. The van der Waals surface area contributed by atoms with Crippen LogP contribution in [0.4, 0.5) is 4.79 Å². The molecule has 0 saturated carbocycles. The molecule has 3 amide bonds. The molecule has 21 heavy (non-hydrogen) atoms. The van der Waals surface area contributed by atoms with Crippen LogP contribution in [0.15, 0.2) is 25.3 Å². The molecule has 0 aromatic heterocycles. The van der Waals surface area contributed by atoms with E-state index in [1.54, 1.807) is 17.1 Å². The molecule has 0 bridgehead atoms. The van der Waals surface area contributed by atoms with Crippen molar-refractivity contribution >= 4 is 11.9 Å². The maximum Gasteiger partial charge on any atom is 0.317 e. The Morgan fingerprint density at radius 2 is 1.95 bits per heavy atom. The molecule has 0 radical (unpaired) electrons. The highest BCUT2D eigenvalue weighted by Gasteiger charge is 2.22. The lowest BCUT2D eigenvalue weighted by Crippen LogP contribution is -2.45. The highest BCUT2D eigenvalue weighted by atomic mass is 16.2. The van der Waals surface area contributed by atoms with Gasteiger partial charge in [0.1, 0.15) is 0 Å². The standard InChI is InChI=1S/C16H27N3O2/c1-4-11-18(12-5-2)16(21)17-10-9-15(20)19-13-7-6-8-14(19)3/h4-5,14H,1-2,6-13H2,3H3,(H,17,21). The van der Waals surface area contributed by atoms with Crippen LogP contribution < -0.4 is 5.32 Å². The van der Waals surface area contributed by atoms with Gasteiger partial charge in [-0.1, -0.05) is 12.2 Å². The maximum atomic E-state index is 12.1. The Morgan fingerprint density at radius 1 is 1.29 bits per heavy atom. The van der Waals surface area contributed by atoms with Gasteiger partial charge in [0.05, 0.1) is 0 Å². The minimum Gasteiger partial charge on any atom is -0.340 e. The zero-order valence-corrected chi connectivity index (χ0v) is 13.0. The molecule has 118 valence electrons. The second-order valence-corrected chi connectivity index (χ2v) is 5.40. The van der Waals surface area contributed by atoms with Gasteiger partial charge in [0.25, 0.3) is 0 Å². The first-order valence-electron chi connectivity index (χ1n) is 7.64. The first-order chi connectivity index (χ1) is 10.1. The Kier molecular flexibility index (Phi) is 7.58. The number of amides is 3. The molecule has 1 heterocycles. The van der Waals surface area contributed by atoms with Crippen LogP contribution in [0.5, 0.6) is 0 Å². The van der Waals surface area contributed by atoms with Crippen LogP contribution in [0.25, 0.3) is 0 Å². The number of nitrogens with zero attached hydrogens (tertiary/aromatic N) is 2. The van der Waals surface area contributed by atoms with Gasteiger partial charge in [-0.2, -0.15) is 0 Å². The highest BCUT2D eigenvalue weighted by molar-refractivity contribution is 5.78. The molecule has 1 unspecified atom stereocenters. The van der Waals surface area contributed by atoms with E-state index < -0.39 is 0 Å². The average molecular weight is 293 g/mol. The molecule has 1 aliphatic rings. The minimum atomic E-state index is -0.186. The summed E-state index contributed by atoms with van der Waals surface area (Å²) in [5, 5.41) is 2.78. The number of nitrogens with one attached hydrogen (secondary N) is 1. The number of carbonyl (C=O) groups excluding carboxylic acids is 2. The summed E-state index contributed by atoms with van der Waals surface area (Å²) in [6, 6.07) is 0.134. The van der Waals surface area contributed by atoms with Gasteiger partial charge in [-0.05, 0) is 26.2 Å². The molecule has 5 heteroatoms. The number of urea groups is 1. The molecule has 1 fully saturated rings. The lowest BCUT2D eigenvalue weighted by atomic mass is 10.0. The second kappa shape index (κ2) is 9.21. The van der Waals surface area contributed by atoms with Crippen LogP contribution in [0.2, 0.25) is 0 Å². The number of rotatable bonds is 7. The Bertz CT molecular complexity index is 372. The smallest absolute Gasteiger partial charge is 0.317 e. The van der Waals surface area contributed by atoms with Gasteiger partial charge < -0.3 is 15.1 Å². The summed E-state index contributed by atoms with van der Waals surface area (Å²) in [5.41, 5.74) is 0. The lowest BCUT2D eigenvalue weighted by molar-refractivity contribution is -0.134. The fourth-order valence-electron chi connectivity index (χ4n) is 2.55. The van der Waals surface area contributed by atoms with Crippen molar-refractivity contribution in [2.75, 3.05) is 26.2 Å². The third-order valence-corrected chi connectivity index (χ3v) is 3.72. The monoisotopic (exact) mass is 293 g/mol. The van der Waals surface area contributed by atoms with E-state index >= 15 is 0 Å². The number of hydrogen-bond donors (Lipinski definition) is 1. The zero-order valence-electron chi connectivity index (χ0n) is 13.0. The predicted molar refractivity (Wildman–Crippen MR) is 85.0 cm³/mol. The average Bonchev–Trinajstić information content (AvgIpc) is 2.47. The number of carbonyl (C=O) groups is 2. The van der Waals surface area contributed by atoms with Crippen molar-refractivity contribution in [1.29, 1.82) is 0 Å². The van der Waals surface area contributed by atoms with Crippen molar-refractivity contribution in [2.45, 2.75) is 38.6 Å². The van der Waals surface area contributed by atoms with E-state index in [0.29, 0.717) is 32.1 Å². The van der Waals surface area contributed by atoms with Gasteiger partial charge in [-0.3, -0.25) is 4.79 Å². The molecular weight excluding hydrogens is 266 g/mol. The Balaban J connectivity index is 2.34. The second-order valence-electron chi connectivity index (χ2n) is 5.40. The van der Waals surface area contributed by atoms with E-state index in [4.69, 9.17) is 0 Å². The molecule has 1 rings (SSSR count). The third kappa shape index (κ3) is 5.61. The van der Waals surface area contributed by atoms with Crippen LogP contribution >= 0.6 is 0 Å². The molecule has 0 aromatic rings. The van der Waals surface area contributed by atoms with E-state index in [-0.39, 0.29) is 11.9 Å². The van der Waals surface area contributed by atoms with E-state index in [0.717, 1.165) is 19.4 Å². The fraction of sp³-hybridized carbons (Fsp3) is 0.625. The van der Waals surface area contributed by atoms with E-state index in [2.05, 4.69) is 25.4 Å². The zero-order chi connectivity index (χ0) is 15.7.